The van der Waals surface area contributed by atoms with E-state index in [4.69, 9.17) is 0 Å². The topological polar surface area (TPSA) is 49.4 Å². The van der Waals surface area contributed by atoms with Gasteiger partial charge in [0.05, 0.1) is 0 Å². The van der Waals surface area contributed by atoms with Gasteiger partial charge in [-0.2, -0.15) is 11.8 Å². The summed E-state index contributed by atoms with van der Waals surface area (Å²) in [5.41, 5.74) is -1.50. The fourth-order valence-corrected chi connectivity index (χ4v) is 2.65. The number of carbonyl (C=O) groups excluding carboxylic acids is 2. The SMILES string of the molecule is CCSCCN1C(=O)C(C)(CC)NC(=O)C1(C)C. The van der Waals surface area contributed by atoms with E-state index in [2.05, 4.69) is 12.2 Å². The minimum Gasteiger partial charge on any atom is -0.340 e. The van der Waals surface area contributed by atoms with Crippen molar-refractivity contribution < 1.29 is 9.59 Å². The van der Waals surface area contributed by atoms with Gasteiger partial charge in [-0.15, -0.1) is 0 Å². The highest BCUT2D eigenvalue weighted by Crippen LogP contribution is 2.28. The van der Waals surface area contributed by atoms with Crippen molar-refractivity contribution in [3.05, 3.63) is 0 Å². The van der Waals surface area contributed by atoms with Crippen LogP contribution in [0.4, 0.5) is 0 Å². The smallest absolute Gasteiger partial charge is 0.248 e. The van der Waals surface area contributed by atoms with Crippen LogP contribution in [-0.2, 0) is 9.59 Å². The molecule has 0 aliphatic carbocycles. The number of carbonyl (C=O) groups is 2. The molecule has 0 saturated carbocycles. The Morgan fingerprint density at radius 1 is 1.22 bits per heavy atom. The number of hydrogen-bond donors (Lipinski definition) is 1. The molecule has 1 heterocycles. The zero-order chi connectivity index (χ0) is 14.0. The Kier molecular flexibility index (Phi) is 4.70. The molecule has 4 nitrogen and oxygen atoms in total. The molecule has 1 N–H and O–H groups in total. The van der Waals surface area contributed by atoms with Crippen molar-refractivity contribution in [2.24, 2.45) is 0 Å². The molecule has 104 valence electrons. The standard InChI is InChI=1S/C13H24N2O2S/c1-6-13(5)11(17)15(8-9-18-7-2)12(3,4)10(16)14-13/h6-9H2,1-5H3,(H,14,16). The lowest BCUT2D eigenvalue weighted by molar-refractivity contribution is -0.160. The maximum absolute atomic E-state index is 12.5. The van der Waals surface area contributed by atoms with Crippen molar-refractivity contribution in [2.45, 2.75) is 52.1 Å². The Morgan fingerprint density at radius 3 is 2.33 bits per heavy atom. The molecular formula is C13H24N2O2S. The molecule has 5 heteroatoms. The van der Waals surface area contributed by atoms with Gasteiger partial charge < -0.3 is 10.2 Å². The molecule has 0 aromatic heterocycles. The minimum absolute atomic E-state index is 0.0336. The van der Waals surface area contributed by atoms with Gasteiger partial charge in [-0.3, -0.25) is 9.59 Å². The van der Waals surface area contributed by atoms with Crippen molar-refractivity contribution in [3.8, 4) is 0 Å². The first-order valence-corrected chi connectivity index (χ1v) is 7.67. The van der Waals surface area contributed by atoms with Crippen molar-refractivity contribution in [1.82, 2.24) is 10.2 Å². The van der Waals surface area contributed by atoms with Gasteiger partial charge in [0, 0.05) is 12.3 Å². The summed E-state index contributed by atoms with van der Waals surface area (Å²) >= 11 is 1.79. The monoisotopic (exact) mass is 272 g/mol. The first-order chi connectivity index (χ1) is 8.29. The van der Waals surface area contributed by atoms with E-state index in [0.29, 0.717) is 13.0 Å². The van der Waals surface area contributed by atoms with E-state index in [1.807, 2.05) is 27.7 Å². The van der Waals surface area contributed by atoms with E-state index < -0.39 is 11.1 Å². The fourth-order valence-electron chi connectivity index (χ4n) is 2.05. The average Bonchev–Trinajstić information content (AvgIpc) is 2.31. The first-order valence-electron chi connectivity index (χ1n) is 6.52. The summed E-state index contributed by atoms with van der Waals surface area (Å²) in [5.74, 6) is 1.87. The van der Waals surface area contributed by atoms with Crippen LogP contribution in [0.25, 0.3) is 0 Å². The summed E-state index contributed by atoms with van der Waals surface area (Å²) in [4.78, 5) is 26.4. The summed E-state index contributed by atoms with van der Waals surface area (Å²) in [6.45, 7) is 10.1. The second kappa shape index (κ2) is 5.51. The summed E-state index contributed by atoms with van der Waals surface area (Å²) in [7, 11) is 0. The van der Waals surface area contributed by atoms with Gasteiger partial charge in [0.2, 0.25) is 11.8 Å². The molecule has 0 aromatic rings. The quantitative estimate of drug-likeness (QED) is 0.774. The predicted octanol–water partition coefficient (Wildman–Crippen LogP) is 1.65. The van der Waals surface area contributed by atoms with Crippen molar-refractivity contribution in [2.75, 3.05) is 18.1 Å². The molecule has 1 unspecified atom stereocenters. The summed E-state index contributed by atoms with van der Waals surface area (Å²) in [6, 6.07) is 0. The molecule has 1 saturated heterocycles. The number of rotatable bonds is 5. The number of thioether (sulfide) groups is 1. The molecule has 1 aliphatic heterocycles. The Bertz CT molecular complexity index is 344. The highest BCUT2D eigenvalue weighted by Gasteiger charge is 2.50. The zero-order valence-electron chi connectivity index (χ0n) is 12.0. The van der Waals surface area contributed by atoms with Gasteiger partial charge in [0.15, 0.2) is 0 Å². The number of amides is 2. The van der Waals surface area contributed by atoms with E-state index in [1.165, 1.54) is 0 Å². The van der Waals surface area contributed by atoms with Crippen molar-refractivity contribution >= 4 is 23.6 Å². The predicted molar refractivity (Wildman–Crippen MR) is 75.6 cm³/mol. The van der Waals surface area contributed by atoms with E-state index in [1.54, 1.807) is 16.7 Å². The third-order valence-corrected chi connectivity index (χ3v) is 4.59. The number of hydrogen-bond acceptors (Lipinski definition) is 3. The molecule has 0 spiro atoms. The molecule has 18 heavy (non-hydrogen) atoms. The van der Waals surface area contributed by atoms with Crippen LogP contribution in [0.2, 0.25) is 0 Å². The highest BCUT2D eigenvalue weighted by molar-refractivity contribution is 7.99. The molecule has 1 atom stereocenters. The number of piperazine rings is 1. The lowest BCUT2D eigenvalue weighted by Gasteiger charge is -2.48. The van der Waals surface area contributed by atoms with E-state index in [-0.39, 0.29) is 11.8 Å². The molecule has 0 radical (unpaired) electrons. The van der Waals surface area contributed by atoms with Crippen LogP contribution in [-0.4, -0.2) is 45.8 Å². The molecule has 1 rings (SSSR count). The van der Waals surface area contributed by atoms with Gasteiger partial charge in [-0.25, -0.2) is 0 Å². The van der Waals surface area contributed by atoms with Gasteiger partial charge in [0.1, 0.15) is 11.1 Å². The summed E-state index contributed by atoms with van der Waals surface area (Å²) in [5, 5.41) is 2.87. The Balaban J connectivity index is 2.93. The third kappa shape index (κ3) is 2.66. The molecular weight excluding hydrogens is 248 g/mol. The number of nitrogens with one attached hydrogen (secondary N) is 1. The van der Waals surface area contributed by atoms with Crippen molar-refractivity contribution in [3.63, 3.8) is 0 Å². The molecule has 2 amide bonds. The minimum atomic E-state index is -0.750. The fraction of sp³-hybridized carbons (Fsp3) is 0.846. The lowest BCUT2D eigenvalue weighted by atomic mass is 9.87. The molecule has 0 bridgehead atoms. The Morgan fingerprint density at radius 2 is 1.83 bits per heavy atom. The van der Waals surface area contributed by atoms with E-state index >= 15 is 0 Å². The van der Waals surface area contributed by atoms with Gasteiger partial charge in [-0.05, 0) is 32.9 Å². The Labute approximate surface area is 114 Å². The largest absolute Gasteiger partial charge is 0.340 e. The van der Waals surface area contributed by atoms with Crippen LogP contribution in [0.3, 0.4) is 0 Å². The normalized spacial score (nSPS) is 27.3. The van der Waals surface area contributed by atoms with Gasteiger partial charge in [-0.1, -0.05) is 13.8 Å². The van der Waals surface area contributed by atoms with Crippen LogP contribution in [0, 0.1) is 0 Å². The second-order valence-corrected chi connectivity index (χ2v) is 6.75. The number of nitrogens with zero attached hydrogens (tertiary/aromatic N) is 1. The molecule has 1 fully saturated rings. The summed E-state index contributed by atoms with van der Waals surface area (Å²) in [6.07, 6.45) is 0.616. The maximum atomic E-state index is 12.5. The van der Waals surface area contributed by atoms with Gasteiger partial charge in [0.25, 0.3) is 0 Å². The Hall–Kier alpha value is -0.710. The van der Waals surface area contributed by atoms with Crippen LogP contribution in [0.15, 0.2) is 0 Å². The molecule has 1 aliphatic rings. The van der Waals surface area contributed by atoms with Crippen LogP contribution in [0.5, 0.6) is 0 Å². The van der Waals surface area contributed by atoms with E-state index in [9.17, 15) is 9.59 Å². The van der Waals surface area contributed by atoms with E-state index in [0.717, 1.165) is 11.5 Å². The van der Waals surface area contributed by atoms with Gasteiger partial charge >= 0.3 is 0 Å². The first kappa shape index (κ1) is 15.3. The van der Waals surface area contributed by atoms with Crippen LogP contribution in [0.1, 0.15) is 41.0 Å². The second-order valence-electron chi connectivity index (χ2n) is 5.35. The average molecular weight is 272 g/mol. The molecule has 0 aromatic carbocycles. The highest BCUT2D eigenvalue weighted by atomic mass is 32.2. The van der Waals surface area contributed by atoms with Crippen molar-refractivity contribution in [1.29, 1.82) is 0 Å². The maximum Gasteiger partial charge on any atom is 0.248 e. The lowest BCUT2D eigenvalue weighted by Crippen LogP contribution is -2.73. The summed E-state index contributed by atoms with van der Waals surface area (Å²) < 4.78 is 0. The third-order valence-electron chi connectivity index (χ3n) is 3.71. The van der Waals surface area contributed by atoms with Crippen LogP contribution < -0.4 is 5.32 Å². The zero-order valence-corrected chi connectivity index (χ0v) is 12.8. The van der Waals surface area contributed by atoms with Crippen LogP contribution >= 0.6 is 11.8 Å².